The first-order chi connectivity index (χ1) is 11.1. The Balaban J connectivity index is 1.85. The molecule has 0 aliphatic heterocycles. The van der Waals surface area contributed by atoms with Crippen molar-refractivity contribution in [3.8, 4) is 11.5 Å². The maximum absolute atomic E-state index is 11.9. The van der Waals surface area contributed by atoms with Crippen molar-refractivity contribution in [1.29, 1.82) is 0 Å². The van der Waals surface area contributed by atoms with Crippen LogP contribution in [0.4, 0.5) is 5.69 Å². The number of hydrogen-bond donors (Lipinski definition) is 1. The average Bonchev–Trinajstić information content (AvgIpc) is 2.60. The van der Waals surface area contributed by atoms with E-state index >= 15 is 0 Å². The smallest absolute Gasteiger partial charge is 0.309 e. The standard InChI is InChI=1S/C17H23NO5/c1-21-13-8-9-14(15(10-13)22-2)18-16(19)11-23-17(20)12-6-4-3-5-7-12/h8-10,12H,3-7,11H2,1-2H3,(H,18,19). The molecule has 1 amide bonds. The summed E-state index contributed by atoms with van der Waals surface area (Å²) in [7, 11) is 3.06. The predicted octanol–water partition coefficient (Wildman–Crippen LogP) is 2.77. The number of anilines is 1. The second kappa shape index (κ2) is 8.41. The van der Waals surface area contributed by atoms with Gasteiger partial charge in [-0.15, -0.1) is 0 Å². The highest BCUT2D eigenvalue weighted by molar-refractivity contribution is 5.94. The van der Waals surface area contributed by atoms with E-state index < -0.39 is 5.91 Å². The van der Waals surface area contributed by atoms with Crippen LogP contribution in [0.3, 0.4) is 0 Å². The van der Waals surface area contributed by atoms with Gasteiger partial charge in [0.1, 0.15) is 11.5 Å². The Bertz CT molecular complexity index is 552. The number of ether oxygens (including phenoxy) is 3. The molecule has 1 aromatic carbocycles. The highest BCUT2D eigenvalue weighted by atomic mass is 16.5. The molecule has 6 heteroatoms. The summed E-state index contributed by atoms with van der Waals surface area (Å²) in [5.41, 5.74) is 0.506. The molecule has 0 saturated heterocycles. The molecule has 6 nitrogen and oxygen atoms in total. The fraction of sp³-hybridized carbons (Fsp3) is 0.529. The van der Waals surface area contributed by atoms with Crippen molar-refractivity contribution >= 4 is 17.6 Å². The third-order valence-electron chi connectivity index (χ3n) is 3.97. The molecule has 2 rings (SSSR count). The Morgan fingerprint density at radius 2 is 1.87 bits per heavy atom. The first-order valence-electron chi connectivity index (χ1n) is 7.82. The van der Waals surface area contributed by atoms with Crippen LogP contribution >= 0.6 is 0 Å². The summed E-state index contributed by atoms with van der Waals surface area (Å²) >= 11 is 0. The predicted molar refractivity (Wildman–Crippen MR) is 85.7 cm³/mol. The summed E-state index contributed by atoms with van der Waals surface area (Å²) in [4.78, 5) is 23.9. The van der Waals surface area contributed by atoms with Gasteiger partial charge < -0.3 is 19.5 Å². The molecule has 0 spiro atoms. The Kier molecular flexibility index (Phi) is 6.26. The molecule has 0 bridgehead atoms. The zero-order chi connectivity index (χ0) is 16.7. The van der Waals surface area contributed by atoms with Gasteiger partial charge >= 0.3 is 5.97 Å². The molecular formula is C17H23NO5. The van der Waals surface area contributed by atoms with Gasteiger partial charge in [0.2, 0.25) is 0 Å². The molecule has 23 heavy (non-hydrogen) atoms. The lowest BCUT2D eigenvalue weighted by molar-refractivity contribution is -0.152. The van der Waals surface area contributed by atoms with E-state index in [0.29, 0.717) is 17.2 Å². The van der Waals surface area contributed by atoms with E-state index in [-0.39, 0.29) is 18.5 Å². The van der Waals surface area contributed by atoms with Gasteiger partial charge in [-0.1, -0.05) is 19.3 Å². The minimum absolute atomic E-state index is 0.0629. The third-order valence-corrected chi connectivity index (χ3v) is 3.97. The maximum atomic E-state index is 11.9. The Morgan fingerprint density at radius 1 is 1.13 bits per heavy atom. The number of nitrogens with one attached hydrogen (secondary N) is 1. The van der Waals surface area contributed by atoms with Gasteiger partial charge in [0.15, 0.2) is 6.61 Å². The van der Waals surface area contributed by atoms with Gasteiger partial charge in [0.05, 0.1) is 25.8 Å². The molecule has 0 aromatic heterocycles. The summed E-state index contributed by atoms with van der Waals surface area (Å²) < 4.78 is 15.4. The minimum Gasteiger partial charge on any atom is -0.497 e. The molecule has 0 atom stereocenters. The van der Waals surface area contributed by atoms with E-state index in [1.54, 1.807) is 25.3 Å². The van der Waals surface area contributed by atoms with Gasteiger partial charge in [-0.05, 0) is 25.0 Å². The number of carbonyl (C=O) groups excluding carboxylic acids is 2. The molecule has 1 N–H and O–H groups in total. The highest BCUT2D eigenvalue weighted by Gasteiger charge is 2.23. The first-order valence-corrected chi connectivity index (χ1v) is 7.82. The van der Waals surface area contributed by atoms with Crippen LogP contribution in [0.1, 0.15) is 32.1 Å². The zero-order valence-electron chi connectivity index (χ0n) is 13.6. The van der Waals surface area contributed by atoms with Crippen molar-refractivity contribution in [1.82, 2.24) is 0 Å². The van der Waals surface area contributed by atoms with Crippen LogP contribution in [-0.4, -0.2) is 32.7 Å². The lowest BCUT2D eigenvalue weighted by Gasteiger charge is -2.19. The topological polar surface area (TPSA) is 73.9 Å². The number of carbonyl (C=O) groups is 2. The van der Waals surface area contributed by atoms with Gasteiger partial charge in [-0.2, -0.15) is 0 Å². The van der Waals surface area contributed by atoms with Crippen LogP contribution in [0.5, 0.6) is 11.5 Å². The Morgan fingerprint density at radius 3 is 2.52 bits per heavy atom. The van der Waals surface area contributed by atoms with Crippen molar-refractivity contribution in [3.63, 3.8) is 0 Å². The fourth-order valence-corrected chi connectivity index (χ4v) is 2.68. The van der Waals surface area contributed by atoms with Gasteiger partial charge in [-0.25, -0.2) is 0 Å². The fourth-order valence-electron chi connectivity index (χ4n) is 2.68. The molecule has 1 aromatic rings. The quantitative estimate of drug-likeness (QED) is 0.816. The van der Waals surface area contributed by atoms with Crippen LogP contribution in [0.25, 0.3) is 0 Å². The van der Waals surface area contributed by atoms with Crippen molar-refractivity contribution in [2.75, 3.05) is 26.1 Å². The zero-order valence-corrected chi connectivity index (χ0v) is 13.6. The second-order valence-electron chi connectivity index (χ2n) is 5.56. The summed E-state index contributed by atoms with van der Waals surface area (Å²) in [5.74, 6) is 0.381. The summed E-state index contributed by atoms with van der Waals surface area (Å²) in [6.45, 7) is -0.287. The van der Waals surface area contributed by atoms with E-state index in [4.69, 9.17) is 14.2 Å². The Hall–Kier alpha value is -2.24. The second-order valence-corrected chi connectivity index (χ2v) is 5.56. The highest BCUT2D eigenvalue weighted by Crippen LogP contribution is 2.29. The van der Waals surface area contributed by atoms with Crippen LogP contribution < -0.4 is 14.8 Å². The average molecular weight is 321 g/mol. The van der Waals surface area contributed by atoms with Crippen LogP contribution in [0.15, 0.2) is 18.2 Å². The van der Waals surface area contributed by atoms with E-state index in [2.05, 4.69) is 5.32 Å². The normalized spacial score (nSPS) is 14.9. The molecule has 0 radical (unpaired) electrons. The van der Waals surface area contributed by atoms with Crippen molar-refractivity contribution in [2.45, 2.75) is 32.1 Å². The summed E-state index contributed by atoms with van der Waals surface area (Å²) in [6.07, 6.45) is 4.98. The van der Waals surface area contributed by atoms with Crippen molar-refractivity contribution in [3.05, 3.63) is 18.2 Å². The van der Waals surface area contributed by atoms with E-state index in [1.807, 2.05) is 0 Å². The number of amides is 1. The van der Waals surface area contributed by atoms with Crippen LogP contribution in [0.2, 0.25) is 0 Å². The monoisotopic (exact) mass is 321 g/mol. The van der Waals surface area contributed by atoms with Crippen molar-refractivity contribution < 1.29 is 23.8 Å². The minimum atomic E-state index is -0.391. The van der Waals surface area contributed by atoms with Gasteiger partial charge in [0, 0.05) is 6.07 Å². The van der Waals surface area contributed by atoms with Crippen molar-refractivity contribution in [2.24, 2.45) is 5.92 Å². The molecule has 1 saturated carbocycles. The third kappa shape index (κ3) is 4.87. The SMILES string of the molecule is COc1ccc(NC(=O)COC(=O)C2CCCCC2)c(OC)c1. The number of methoxy groups -OCH3 is 2. The van der Waals surface area contributed by atoms with E-state index in [1.165, 1.54) is 13.5 Å². The lowest BCUT2D eigenvalue weighted by atomic mass is 9.89. The van der Waals surface area contributed by atoms with Crippen LogP contribution in [-0.2, 0) is 14.3 Å². The van der Waals surface area contributed by atoms with Crippen LogP contribution in [0, 0.1) is 5.92 Å². The molecular weight excluding hydrogens is 298 g/mol. The lowest BCUT2D eigenvalue weighted by Crippen LogP contribution is -2.26. The molecule has 1 aliphatic rings. The molecule has 1 fully saturated rings. The molecule has 0 heterocycles. The summed E-state index contributed by atoms with van der Waals surface area (Å²) in [6, 6.07) is 5.06. The number of esters is 1. The largest absolute Gasteiger partial charge is 0.497 e. The van der Waals surface area contributed by atoms with E-state index in [9.17, 15) is 9.59 Å². The number of rotatable bonds is 6. The number of hydrogen-bond acceptors (Lipinski definition) is 5. The van der Waals surface area contributed by atoms with Gasteiger partial charge in [-0.3, -0.25) is 9.59 Å². The maximum Gasteiger partial charge on any atom is 0.309 e. The Labute approximate surface area is 136 Å². The first kappa shape index (κ1) is 17.1. The molecule has 1 aliphatic carbocycles. The van der Waals surface area contributed by atoms with Gasteiger partial charge in [0.25, 0.3) is 5.91 Å². The summed E-state index contributed by atoms with van der Waals surface area (Å²) in [5, 5.41) is 2.67. The number of benzene rings is 1. The van der Waals surface area contributed by atoms with E-state index in [0.717, 1.165) is 25.7 Å². The molecule has 0 unspecified atom stereocenters. The molecule has 126 valence electrons.